The van der Waals surface area contributed by atoms with Crippen molar-refractivity contribution in [2.75, 3.05) is 20.6 Å². The molecule has 0 saturated carbocycles. The standard InChI is InChI=1S/C22H27FN6O2/c1-14-15(2)29-18-19(24-21(29)27(14)12-8-11-25(3)4)26(5)22(31)28(20(18)30)13-16-9-6-7-10-17(16)23/h6-7,9-10H,8,11-13H2,1-5H3. The van der Waals surface area contributed by atoms with E-state index in [0.717, 1.165) is 35.5 Å². The van der Waals surface area contributed by atoms with Gasteiger partial charge in [-0.2, -0.15) is 4.98 Å². The maximum Gasteiger partial charge on any atom is 0.332 e. The predicted octanol–water partition coefficient (Wildman–Crippen LogP) is 1.91. The first-order chi connectivity index (χ1) is 14.7. The van der Waals surface area contributed by atoms with Crippen LogP contribution >= 0.6 is 0 Å². The van der Waals surface area contributed by atoms with Crippen molar-refractivity contribution in [2.24, 2.45) is 7.05 Å². The Bertz CT molecular complexity index is 1410. The second-order valence-electron chi connectivity index (χ2n) is 8.22. The van der Waals surface area contributed by atoms with Crippen LogP contribution in [0.5, 0.6) is 0 Å². The SMILES string of the molecule is Cc1c(C)n2c3c(=O)n(Cc4ccccc4F)c(=O)n(C)c3nc2n1CCCN(C)C. The molecule has 164 valence electrons. The number of imidazole rings is 2. The quantitative estimate of drug-likeness (QED) is 0.472. The van der Waals surface area contributed by atoms with Crippen LogP contribution in [-0.4, -0.2) is 48.6 Å². The first-order valence-corrected chi connectivity index (χ1v) is 10.3. The molecule has 0 radical (unpaired) electrons. The van der Waals surface area contributed by atoms with Crippen LogP contribution in [0, 0.1) is 19.7 Å². The molecule has 0 amide bonds. The van der Waals surface area contributed by atoms with Gasteiger partial charge in [0.1, 0.15) is 5.82 Å². The summed E-state index contributed by atoms with van der Waals surface area (Å²) in [5.41, 5.74) is 1.89. The van der Waals surface area contributed by atoms with Crippen molar-refractivity contribution in [1.82, 2.24) is 28.0 Å². The van der Waals surface area contributed by atoms with E-state index in [9.17, 15) is 14.0 Å². The molecule has 8 nitrogen and oxygen atoms in total. The van der Waals surface area contributed by atoms with Crippen LogP contribution in [0.2, 0.25) is 0 Å². The minimum Gasteiger partial charge on any atom is -0.314 e. The summed E-state index contributed by atoms with van der Waals surface area (Å²) in [6.45, 7) is 5.49. The third kappa shape index (κ3) is 3.38. The second kappa shape index (κ2) is 7.81. The minimum absolute atomic E-state index is 0.136. The van der Waals surface area contributed by atoms with Gasteiger partial charge in [-0.3, -0.25) is 18.3 Å². The highest BCUT2D eigenvalue weighted by atomic mass is 19.1. The van der Waals surface area contributed by atoms with E-state index in [4.69, 9.17) is 0 Å². The van der Waals surface area contributed by atoms with Gasteiger partial charge in [-0.25, -0.2) is 9.18 Å². The zero-order valence-corrected chi connectivity index (χ0v) is 18.5. The van der Waals surface area contributed by atoms with Crippen molar-refractivity contribution in [3.05, 3.63) is 67.9 Å². The minimum atomic E-state index is -0.518. The van der Waals surface area contributed by atoms with Gasteiger partial charge in [0, 0.05) is 30.5 Å². The number of nitrogens with zero attached hydrogens (tertiary/aromatic N) is 6. The molecule has 0 aliphatic heterocycles. The number of hydrogen-bond donors (Lipinski definition) is 0. The van der Waals surface area contributed by atoms with Gasteiger partial charge in [0.25, 0.3) is 5.56 Å². The first-order valence-electron chi connectivity index (χ1n) is 10.3. The summed E-state index contributed by atoms with van der Waals surface area (Å²) in [6.07, 6.45) is 0.928. The summed E-state index contributed by atoms with van der Waals surface area (Å²) >= 11 is 0. The topological polar surface area (TPSA) is 69.5 Å². The molecular formula is C22H27FN6O2. The number of aromatic nitrogens is 5. The molecule has 0 aliphatic carbocycles. The molecule has 0 saturated heterocycles. The van der Waals surface area contributed by atoms with E-state index < -0.39 is 17.1 Å². The van der Waals surface area contributed by atoms with Gasteiger partial charge in [-0.1, -0.05) is 18.2 Å². The number of aryl methyl sites for hydroxylation is 3. The van der Waals surface area contributed by atoms with Crippen LogP contribution in [-0.2, 0) is 20.1 Å². The van der Waals surface area contributed by atoms with Gasteiger partial charge in [-0.15, -0.1) is 0 Å². The Morgan fingerprint density at radius 2 is 1.77 bits per heavy atom. The summed E-state index contributed by atoms with van der Waals surface area (Å²) in [6, 6.07) is 6.16. The van der Waals surface area contributed by atoms with Gasteiger partial charge in [0.2, 0.25) is 5.78 Å². The fourth-order valence-corrected chi connectivity index (χ4v) is 4.06. The molecule has 0 bridgehead atoms. The van der Waals surface area contributed by atoms with Crippen molar-refractivity contribution >= 4 is 16.9 Å². The Hall–Kier alpha value is -3.20. The largest absolute Gasteiger partial charge is 0.332 e. The number of fused-ring (bicyclic) bond motifs is 3. The lowest BCUT2D eigenvalue weighted by Crippen LogP contribution is -2.39. The lowest BCUT2D eigenvalue weighted by molar-refractivity contribution is 0.386. The third-order valence-electron chi connectivity index (χ3n) is 5.90. The van der Waals surface area contributed by atoms with E-state index in [-0.39, 0.29) is 12.1 Å². The van der Waals surface area contributed by atoms with Gasteiger partial charge in [0.15, 0.2) is 11.2 Å². The van der Waals surface area contributed by atoms with Gasteiger partial charge in [-0.05, 0) is 47.0 Å². The van der Waals surface area contributed by atoms with Crippen LogP contribution in [0.15, 0.2) is 33.9 Å². The number of hydrogen-bond acceptors (Lipinski definition) is 4. The number of benzene rings is 1. The van der Waals surface area contributed by atoms with E-state index in [2.05, 4.69) is 14.5 Å². The van der Waals surface area contributed by atoms with Crippen molar-refractivity contribution in [3.8, 4) is 0 Å². The molecule has 0 atom stereocenters. The molecule has 0 fully saturated rings. The van der Waals surface area contributed by atoms with Crippen molar-refractivity contribution in [2.45, 2.75) is 33.4 Å². The smallest absolute Gasteiger partial charge is 0.314 e. The van der Waals surface area contributed by atoms with Crippen LogP contribution in [0.25, 0.3) is 16.9 Å². The fourth-order valence-electron chi connectivity index (χ4n) is 4.06. The molecule has 31 heavy (non-hydrogen) atoms. The summed E-state index contributed by atoms with van der Waals surface area (Å²) in [7, 11) is 5.65. The monoisotopic (exact) mass is 426 g/mol. The van der Waals surface area contributed by atoms with Crippen molar-refractivity contribution < 1.29 is 4.39 Å². The molecule has 4 rings (SSSR count). The maximum atomic E-state index is 14.2. The highest BCUT2D eigenvalue weighted by molar-refractivity contribution is 5.76. The van der Waals surface area contributed by atoms with E-state index >= 15 is 0 Å². The summed E-state index contributed by atoms with van der Waals surface area (Å²) in [5.74, 6) is 0.188. The van der Waals surface area contributed by atoms with Gasteiger partial charge in [0.05, 0.1) is 6.54 Å². The molecule has 0 aliphatic rings. The van der Waals surface area contributed by atoms with Crippen LogP contribution in [0.4, 0.5) is 4.39 Å². The average Bonchev–Trinajstić information content (AvgIpc) is 3.22. The summed E-state index contributed by atoms with van der Waals surface area (Å²) in [5, 5.41) is 0. The lowest BCUT2D eigenvalue weighted by Gasteiger charge is -2.11. The van der Waals surface area contributed by atoms with E-state index in [0.29, 0.717) is 16.9 Å². The molecule has 9 heteroatoms. The Balaban J connectivity index is 1.94. The van der Waals surface area contributed by atoms with Crippen LogP contribution < -0.4 is 11.2 Å². The van der Waals surface area contributed by atoms with Crippen molar-refractivity contribution in [1.29, 1.82) is 0 Å². The molecule has 0 N–H and O–H groups in total. The zero-order valence-electron chi connectivity index (χ0n) is 18.5. The summed E-state index contributed by atoms with van der Waals surface area (Å²) in [4.78, 5) is 33.2. The number of rotatable bonds is 6. The fraction of sp³-hybridized carbons (Fsp3) is 0.409. The molecule has 0 spiro atoms. The van der Waals surface area contributed by atoms with E-state index in [1.165, 1.54) is 10.6 Å². The molecule has 3 aromatic heterocycles. The van der Waals surface area contributed by atoms with Gasteiger partial charge < -0.3 is 9.47 Å². The van der Waals surface area contributed by atoms with Gasteiger partial charge >= 0.3 is 5.69 Å². The third-order valence-corrected chi connectivity index (χ3v) is 5.90. The highest BCUT2D eigenvalue weighted by Gasteiger charge is 2.22. The Morgan fingerprint density at radius 1 is 1.06 bits per heavy atom. The molecule has 3 heterocycles. The van der Waals surface area contributed by atoms with E-state index in [1.807, 2.05) is 32.3 Å². The first kappa shape index (κ1) is 21.0. The number of halogens is 1. The molecule has 4 aromatic rings. The van der Waals surface area contributed by atoms with Crippen LogP contribution in [0.3, 0.4) is 0 Å². The zero-order chi connectivity index (χ0) is 22.4. The van der Waals surface area contributed by atoms with E-state index in [1.54, 1.807) is 25.2 Å². The van der Waals surface area contributed by atoms with Crippen LogP contribution in [0.1, 0.15) is 23.4 Å². The maximum absolute atomic E-state index is 14.2. The summed E-state index contributed by atoms with van der Waals surface area (Å²) < 4.78 is 20.5. The molecular weight excluding hydrogens is 399 g/mol. The Labute approximate surface area is 178 Å². The predicted molar refractivity (Wildman–Crippen MR) is 118 cm³/mol. The van der Waals surface area contributed by atoms with Crippen molar-refractivity contribution in [3.63, 3.8) is 0 Å². The second-order valence-corrected chi connectivity index (χ2v) is 8.22. The lowest BCUT2D eigenvalue weighted by atomic mass is 10.2. The molecule has 0 unspecified atom stereocenters. The Kier molecular flexibility index (Phi) is 5.30. The average molecular weight is 426 g/mol. The Morgan fingerprint density at radius 3 is 2.45 bits per heavy atom. The highest BCUT2D eigenvalue weighted by Crippen LogP contribution is 2.21. The normalized spacial score (nSPS) is 12.0. The molecule has 1 aromatic carbocycles.